The van der Waals surface area contributed by atoms with Crippen LogP contribution in [0.15, 0.2) is 23.1 Å². The first-order valence-corrected chi connectivity index (χ1v) is 5.39. The summed E-state index contributed by atoms with van der Waals surface area (Å²) in [5, 5.41) is 2.86. The van der Waals surface area contributed by atoms with E-state index in [0.717, 1.165) is 0 Å². The van der Waals surface area contributed by atoms with E-state index in [1.54, 1.807) is 19.3 Å². The number of aromatic nitrogens is 1. The molecule has 4 heteroatoms. The normalized spacial score (nSPS) is 12.6. The number of carbonyl (C=O) groups excluding carboxylic acids is 1. The number of nitrogens with zero attached hydrogens (tertiary/aromatic N) is 1. The van der Waals surface area contributed by atoms with Gasteiger partial charge in [-0.15, -0.1) is 0 Å². The van der Waals surface area contributed by atoms with Crippen LogP contribution in [0.3, 0.4) is 0 Å². The average molecular weight is 222 g/mol. The van der Waals surface area contributed by atoms with Crippen molar-refractivity contribution in [3.05, 3.63) is 34.2 Å². The van der Waals surface area contributed by atoms with Gasteiger partial charge in [-0.05, 0) is 18.9 Å². The van der Waals surface area contributed by atoms with Gasteiger partial charge in [-0.1, -0.05) is 13.8 Å². The summed E-state index contributed by atoms with van der Waals surface area (Å²) in [6.07, 6.45) is 1.59. The maximum atomic E-state index is 11.8. The van der Waals surface area contributed by atoms with E-state index in [9.17, 15) is 9.59 Å². The minimum Gasteiger partial charge on any atom is -0.349 e. The predicted molar refractivity (Wildman–Crippen MR) is 63.4 cm³/mol. The first-order valence-electron chi connectivity index (χ1n) is 5.39. The third-order valence-electron chi connectivity index (χ3n) is 2.73. The molecular formula is C12H18N2O2. The second-order valence-corrected chi connectivity index (χ2v) is 4.37. The standard InChI is InChI=1S/C12H18N2O2/c1-8(2)9(3)13-12(16)10-5-6-14(4)11(15)7-10/h5-9H,1-4H3,(H,13,16). The van der Waals surface area contributed by atoms with Crippen molar-refractivity contribution in [1.29, 1.82) is 0 Å². The molecule has 1 amide bonds. The van der Waals surface area contributed by atoms with Gasteiger partial charge in [0.05, 0.1) is 0 Å². The molecule has 1 aromatic heterocycles. The molecule has 0 aliphatic carbocycles. The van der Waals surface area contributed by atoms with E-state index in [1.807, 2.05) is 20.8 Å². The van der Waals surface area contributed by atoms with Gasteiger partial charge in [-0.3, -0.25) is 9.59 Å². The first kappa shape index (κ1) is 12.5. The third-order valence-corrected chi connectivity index (χ3v) is 2.73. The molecule has 0 bridgehead atoms. The zero-order valence-electron chi connectivity index (χ0n) is 10.2. The number of carbonyl (C=O) groups is 1. The highest BCUT2D eigenvalue weighted by Gasteiger charge is 2.12. The number of aryl methyl sites for hydroxylation is 1. The Kier molecular flexibility index (Phi) is 3.88. The van der Waals surface area contributed by atoms with Crippen molar-refractivity contribution >= 4 is 5.91 Å². The Balaban J connectivity index is 2.81. The summed E-state index contributed by atoms with van der Waals surface area (Å²) in [5.41, 5.74) is 0.237. The minimum absolute atomic E-state index is 0.0940. The van der Waals surface area contributed by atoms with Crippen LogP contribution in [0.2, 0.25) is 0 Å². The quantitative estimate of drug-likeness (QED) is 0.834. The lowest BCUT2D eigenvalue weighted by Gasteiger charge is -2.17. The SMILES string of the molecule is CC(C)C(C)NC(=O)c1ccn(C)c(=O)c1. The Morgan fingerprint density at radius 3 is 2.50 bits per heavy atom. The molecule has 88 valence electrons. The molecule has 0 saturated carbocycles. The van der Waals surface area contributed by atoms with E-state index >= 15 is 0 Å². The fourth-order valence-electron chi connectivity index (χ4n) is 1.15. The number of hydrogen-bond acceptors (Lipinski definition) is 2. The minimum atomic E-state index is -0.195. The lowest BCUT2D eigenvalue weighted by molar-refractivity contribution is 0.0930. The van der Waals surface area contributed by atoms with Gasteiger partial charge in [-0.25, -0.2) is 0 Å². The average Bonchev–Trinajstić information content (AvgIpc) is 2.21. The van der Waals surface area contributed by atoms with Crippen molar-refractivity contribution in [1.82, 2.24) is 9.88 Å². The fourth-order valence-corrected chi connectivity index (χ4v) is 1.15. The lowest BCUT2D eigenvalue weighted by atomic mass is 10.1. The smallest absolute Gasteiger partial charge is 0.251 e. The molecule has 1 atom stereocenters. The number of hydrogen-bond donors (Lipinski definition) is 1. The largest absolute Gasteiger partial charge is 0.349 e. The molecule has 1 aromatic rings. The topological polar surface area (TPSA) is 51.1 Å². The summed E-state index contributed by atoms with van der Waals surface area (Å²) in [6, 6.07) is 3.09. The van der Waals surface area contributed by atoms with E-state index in [0.29, 0.717) is 11.5 Å². The number of pyridine rings is 1. The second-order valence-electron chi connectivity index (χ2n) is 4.37. The van der Waals surface area contributed by atoms with E-state index < -0.39 is 0 Å². The molecule has 0 aromatic carbocycles. The van der Waals surface area contributed by atoms with Crippen molar-refractivity contribution in [3.8, 4) is 0 Å². The van der Waals surface area contributed by atoms with Crippen molar-refractivity contribution in [2.24, 2.45) is 13.0 Å². The summed E-state index contributed by atoms with van der Waals surface area (Å²) >= 11 is 0. The van der Waals surface area contributed by atoms with Gasteiger partial charge in [0, 0.05) is 30.9 Å². The second kappa shape index (κ2) is 4.96. The maximum Gasteiger partial charge on any atom is 0.251 e. The van der Waals surface area contributed by atoms with Crippen LogP contribution in [-0.2, 0) is 7.05 Å². The number of nitrogens with one attached hydrogen (secondary N) is 1. The highest BCUT2D eigenvalue weighted by atomic mass is 16.2. The zero-order valence-corrected chi connectivity index (χ0v) is 10.2. The van der Waals surface area contributed by atoms with Crippen LogP contribution in [-0.4, -0.2) is 16.5 Å². The van der Waals surface area contributed by atoms with Gasteiger partial charge >= 0.3 is 0 Å². The van der Waals surface area contributed by atoms with Crippen molar-refractivity contribution in [3.63, 3.8) is 0 Å². The third kappa shape index (κ3) is 2.95. The Bertz CT molecular complexity index is 435. The zero-order chi connectivity index (χ0) is 12.3. The van der Waals surface area contributed by atoms with E-state index in [1.165, 1.54) is 10.6 Å². The van der Waals surface area contributed by atoms with Crippen LogP contribution in [0.4, 0.5) is 0 Å². The molecule has 16 heavy (non-hydrogen) atoms. The van der Waals surface area contributed by atoms with Crippen LogP contribution in [0.5, 0.6) is 0 Å². The molecule has 0 spiro atoms. The molecule has 0 aliphatic rings. The van der Waals surface area contributed by atoms with E-state index in [-0.39, 0.29) is 17.5 Å². The van der Waals surface area contributed by atoms with Crippen LogP contribution in [0.1, 0.15) is 31.1 Å². The highest BCUT2D eigenvalue weighted by molar-refractivity contribution is 5.94. The Hall–Kier alpha value is -1.58. The molecule has 1 heterocycles. The van der Waals surface area contributed by atoms with Crippen LogP contribution in [0.25, 0.3) is 0 Å². The van der Waals surface area contributed by atoms with Crippen LogP contribution in [0, 0.1) is 5.92 Å². The van der Waals surface area contributed by atoms with Crippen molar-refractivity contribution in [2.45, 2.75) is 26.8 Å². The van der Waals surface area contributed by atoms with Gasteiger partial charge in [0.25, 0.3) is 11.5 Å². The molecule has 1 unspecified atom stereocenters. The molecule has 0 fully saturated rings. The summed E-state index contributed by atoms with van der Waals surface area (Å²) < 4.78 is 1.43. The molecule has 0 aliphatic heterocycles. The van der Waals surface area contributed by atoms with Gasteiger partial charge in [0.1, 0.15) is 0 Å². The van der Waals surface area contributed by atoms with Crippen LogP contribution < -0.4 is 10.9 Å². The van der Waals surface area contributed by atoms with Gasteiger partial charge in [-0.2, -0.15) is 0 Å². The Morgan fingerprint density at radius 2 is 2.00 bits per heavy atom. The van der Waals surface area contributed by atoms with Crippen molar-refractivity contribution in [2.75, 3.05) is 0 Å². The molecule has 0 saturated heterocycles. The molecule has 1 rings (SSSR count). The summed E-state index contributed by atoms with van der Waals surface area (Å²) in [6.45, 7) is 6.02. The number of amides is 1. The fraction of sp³-hybridized carbons (Fsp3) is 0.500. The van der Waals surface area contributed by atoms with Crippen molar-refractivity contribution < 1.29 is 4.79 Å². The maximum absolute atomic E-state index is 11.8. The monoisotopic (exact) mass is 222 g/mol. The highest BCUT2D eigenvalue weighted by Crippen LogP contribution is 2.02. The van der Waals surface area contributed by atoms with Gasteiger partial charge in [0.15, 0.2) is 0 Å². The Labute approximate surface area is 95.3 Å². The molecule has 0 radical (unpaired) electrons. The molecule has 1 N–H and O–H groups in total. The van der Waals surface area contributed by atoms with Crippen LogP contribution >= 0.6 is 0 Å². The van der Waals surface area contributed by atoms with Gasteiger partial charge < -0.3 is 9.88 Å². The summed E-state index contributed by atoms with van der Waals surface area (Å²) in [5.74, 6) is 0.175. The van der Waals surface area contributed by atoms with E-state index in [2.05, 4.69) is 5.32 Å². The van der Waals surface area contributed by atoms with E-state index in [4.69, 9.17) is 0 Å². The number of rotatable bonds is 3. The predicted octanol–water partition coefficient (Wildman–Crippen LogP) is 1.16. The molecule has 4 nitrogen and oxygen atoms in total. The summed E-state index contributed by atoms with van der Waals surface area (Å²) in [7, 11) is 1.65. The van der Waals surface area contributed by atoms with Gasteiger partial charge in [0.2, 0.25) is 0 Å². The Morgan fingerprint density at radius 1 is 1.38 bits per heavy atom. The summed E-state index contributed by atoms with van der Waals surface area (Å²) in [4.78, 5) is 23.1. The molecular weight excluding hydrogens is 204 g/mol. The first-order chi connectivity index (χ1) is 7.41. The lowest BCUT2D eigenvalue weighted by Crippen LogP contribution is -2.36.